The Labute approximate surface area is 251 Å². The summed E-state index contributed by atoms with van der Waals surface area (Å²) < 4.78 is 1.69. The molecule has 3 atom stereocenters. The maximum absolute atomic E-state index is 13.6. The molecule has 43 heavy (non-hydrogen) atoms. The number of hydrogen-bond donors (Lipinski definition) is 3. The lowest BCUT2D eigenvalue weighted by Crippen LogP contribution is -2.51. The smallest absolute Gasteiger partial charge is 0.243 e. The molecule has 1 fully saturated rings. The van der Waals surface area contributed by atoms with E-state index in [2.05, 4.69) is 20.9 Å². The molecule has 3 amide bonds. The van der Waals surface area contributed by atoms with E-state index in [1.54, 1.807) is 9.58 Å². The van der Waals surface area contributed by atoms with E-state index in [0.717, 1.165) is 35.0 Å². The van der Waals surface area contributed by atoms with Crippen LogP contribution >= 0.6 is 0 Å². The van der Waals surface area contributed by atoms with Gasteiger partial charge in [0.2, 0.25) is 17.7 Å². The second-order valence-corrected chi connectivity index (χ2v) is 11.2. The number of nitrogens with two attached hydrogens (primary N) is 1. The second kappa shape index (κ2) is 14.1. The first-order chi connectivity index (χ1) is 20.9. The highest BCUT2D eigenvalue weighted by molar-refractivity contribution is 5.91. The van der Waals surface area contributed by atoms with Crippen LogP contribution < -0.4 is 16.4 Å². The number of hydrogen-bond acceptors (Lipinski definition) is 6. The molecule has 4 aromatic rings. The third-order valence-corrected chi connectivity index (χ3v) is 8.01. The van der Waals surface area contributed by atoms with Crippen molar-refractivity contribution in [3.63, 3.8) is 0 Å². The topological polar surface area (TPSA) is 135 Å². The van der Waals surface area contributed by atoms with Gasteiger partial charge in [0.15, 0.2) is 0 Å². The van der Waals surface area contributed by atoms with Crippen LogP contribution in [0.2, 0.25) is 0 Å². The van der Waals surface area contributed by atoms with Crippen molar-refractivity contribution in [2.45, 2.75) is 63.2 Å². The Morgan fingerprint density at radius 3 is 2.37 bits per heavy atom. The molecule has 2 heterocycles. The van der Waals surface area contributed by atoms with E-state index in [-0.39, 0.29) is 36.9 Å². The molecule has 0 spiro atoms. The van der Waals surface area contributed by atoms with Crippen molar-refractivity contribution in [2.75, 3.05) is 6.54 Å². The van der Waals surface area contributed by atoms with Crippen molar-refractivity contribution in [2.24, 2.45) is 12.8 Å². The molecule has 5 rings (SSSR count). The Balaban J connectivity index is 1.21. The quantitative estimate of drug-likeness (QED) is 0.235. The van der Waals surface area contributed by atoms with Crippen molar-refractivity contribution in [3.8, 4) is 0 Å². The highest BCUT2D eigenvalue weighted by Crippen LogP contribution is 2.21. The lowest BCUT2D eigenvalue weighted by atomic mass is 10.0. The first kappa shape index (κ1) is 29.9. The van der Waals surface area contributed by atoms with E-state index < -0.39 is 12.1 Å². The van der Waals surface area contributed by atoms with Gasteiger partial charge in [-0.05, 0) is 60.9 Å². The minimum Gasteiger partial charge on any atom is -0.351 e. The molecular formula is C33H39N7O3. The Hall–Kier alpha value is -4.57. The number of benzene rings is 3. The number of carbonyl (C=O) groups excluding carboxylic acids is 3. The van der Waals surface area contributed by atoms with Crippen molar-refractivity contribution in [3.05, 3.63) is 95.6 Å². The van der Waals surface area contributed by atoms with Crippen molar-refractivity contribution in [1.29, 1.82) is 0 Å². The summed E-state index contributed by atoms with van der Waals surface area (Å²) in [7, 11) is 1.82. The predicted octanol–water partition coefficient (Wildman–Crippen LogP) is 2.65. The van der Waals surface area contributed by atoms with Crippen LogP contribution in [0.5, 0.6) is 0 Å². The average molecular weight is 582 g/mol. The van der Waals surface area contributed by atoms with Crippen molar-refractivity contribution < 1.29 is 14.4 Å². The van der Waals surface area contributed by atoms with Gasteiger partial charge in [-0.3, -0.25) is 14.4 Å². The molecule has 10 heteroatoms. The summed E-state index contributed by atoms with van der Waals surface area (Å²) in [6, 6.07) is 23.8. The van der Waals surface area contributed by atoms with E-state index in [0.29, 0.717) is 25.7 Å². The molecule has 0 radical (unpaired) electrons. The first-order valence-corrected chi connectivity index (χ1v) is 14.9. The van der Waals surface area contributed by atoms with Gasteiger partial charge in [0.1, 0.15) is 11.6 Å². The number of carbonyl (C=O) groups is 3. The highest BCUT2D eigenvalue weighted by Gasteiger charge is 2.41. The van der Waals surface area contributed by atoms with Crippen LogP contribution in [-0.2, 0) is 40.8 Å². The standard InChI is InChI=1S/C33H39N7O3/c1-39-29-18-16-25(19-28(29)37-38-39)21-35-32(42)30-20-26(36-31(41)14-8-13-23-9-4-2-5-10-23)22-40(30)33(43)27(34)17-15-24-11-6-3-7-12-24/h2-7,9-12,16,18-19,26-27,30H,8,13-15,17,20-22,34H2,1H3,(H,35,42)(H,36,41). The van der Waals surface area contributed by atoms with Gasteiger partial charge >= 0.3 is 0 Å². The minimum absolute atomic E-state index is 0.0833. The third-order valence-electron chi connectivity index (χ3n) is 8.01. The summed E-state index contributed by atoms with van der Waals surface area (Å²) in [5, 5.41) is 14.2. The molecule has 0 bridgehead atoms. The summed E-state index contributed by atoms with van der Waals surface area (Å²) in [6.07, 6.45) is 3.35. The van der Waals surface area contributed by atoms with Gasteiger partial charge in [-0.15, -0.1) is 5.10 Å². The van der Waals surface area contributed by atoms with Crippen LogP contribution in [0.3, 0.4) is 0 Å². The molecule has 3 aromatic carbocycles. The minimum atomic E-state index is -0.755. The molecule has 1 aliphatic heterocycles. The van der Waals surface area contributed by atoms with Gasteiger partial charge in [0.25, 0.3) is 0 Å². The number of nitrogens with zero attached hydrogens (tertiary/aromatic N) is 4. The summed E-state index contributed by atoms with van der Waals surface area (Å²) >= 11 is 0. The van der Waals surface area contributed by atoms with E-state index in [1.165, 1.54) is 5.56 Å². The summed E-state index contributed by atoms with van der Waals surface area (Å²) in [5.41, 5.74) is 11.2. The first-order valence-electron chi connectivity index (χ1n) is 14.9. The van der Waals surface area contributed by atoms with Gasteiger partial charge in [0, 0.05) is 32.6 Å². The number of likely N-dealkylation sites (tertiary alicyclic amines) is 1. The molecule has 1 saturated heterocycles. The maximum Gasteiger partial charge on any atom is 0.243 e. The lowest BCUT2D eigenvalue weighted by Gasteiger charge is -2.26. The molecule has 0 saturated carbocycles. The molecule has 0 aliphatic carbocycles. The zero-order valence-corrected chi connectivity index (χ0v) is 24.5. The van der Waals surface area contributed by atoms with Crippen LogP contribution in [0.1, 0.15) is 42.4 Å². The molecule has 4 N–H and O–H groups in total. The highest BCUT2D eigenvalue weighted by atomic mass is 16.2. The monoisotopic (exact) mass is 581 g/mol. The van der Waals surface area contributed by atoms with E-state index in [1.807, 2.05) is 85.9 Å². The predicted molar refractivity (Wildman–Crippen MR) is 165 cm³/mol. The third kappa shape index (κ3) is 7.84. The van der Waals surface area contributed by atoms with Crippen LogP contribution in [0.15, 0.2) is 78.9 Å². The van der Waals surface area contributed by atoms with Crippen LogP contribution in [0, 0.1) is 0 Å². The molecule has 3 unspecified atom stereocenters. The lowest BCUT2D eigenvalue weighted by molar-refractivity contribution is -0.139. The number of amides is 3. The van der Waals surface area contributed by atoms with Gasteiger partial charge in [-0.2, -0.15) is 0 Å². The average Bonchev–Trinajstić information content (AvgIpc) is 3.62. The SMILES string of the molecule is Cn1nnc2cc(CNC(=O)C3CC(NC(=O)CCCc4ccccc4)CN3C(=O)C(N)CCc3ccccc3)ccc21. The maximum atomic E-state index is 13.6. The zero-order chi connectivity index (χ0) is 30.2. The molecule has 1 aliphatic rings. The van der Waals surface area contributed by atoms with Gasteiger partial charge < -0.3 is 21.3 Å². The Bertz CT molecular complexity index is 1540. The van der Waals surface area contributed by atoms with Gasteiger partial charge in [-0.1, -0.05) is 71.9 Å². The summed E-state index contributed by atoms with van der Waals surface area (Å²) in [5.74, 6) is -0.637. The van der Waals surface area contributed by atoms with Crippen LogP contribution in [0.4, 0.5) is 0 Å². The summed E-state index contributed by atoms with van der Waals surface area (Å²) in [6.45, 7) is 0.520. The van der Waals surface area contributed by atoms with E-state index >= 15 is 0 Å². The van der Waals surface area contributed by atoms with Crippen molar-refractivity contribution >= 4 is 28.8 Å². The molecular weight excluding hydrogens is 542 g/mol. The Morgan fingerprint density at radius 1 is 0.953 bits per heavy atom. The number of aryl methyl sites for hydroxylation is 3. The normalized spacial score (nSPS) is 17.1. The molecule has 224 valence electrons. The Morgan fingerprint density at radius 2 is 1.65 bits per heavy atom. The number of rotatable bonds is 12. The van der Waals surface area contributed by atoms with Gasteiger partial charge in [-0.25, -0.2) is 4.68 Å². The van der Waals surface area contributed by atoms with E-state index in [9.17, 15) is 14.4 Å². The largest absolute Gasteiger partial charge is 0.351 e. The fourth-order valence-corrected chi connectivity index (χ4v) is 5.64. The molecule has 1 aromatic heterocycles. The number of fused-ring (bicyclic) bond motifs is 1. The Kier molecular flexibility index (Phi) is 9.78. The number of aromatic nitrogens is 3. The van der Waals surface area contributed by atoms with Crippen LogP contribution in [-0.4, -0.2) is 62.3 Å². The number of nitrogens with one attached hydrogen (secondary N) is 2. The second-order valence-electron chi connectivity index (χ2n) is 11.2. The van der Waals surface area contributed by atoms with Crippen molar-refractivity contribution in [1.82, 2.24) is 30.5 Å². The van der Waals surface area contributed by atoms with Crippen LogP contribution in [0.25, 0.3) is 11.0 Å². The molecule has 10 nitrogen and oxygen atoms in total. The fraction of sp³-hybridized carbons (Fsp3) is 0.364. The van der Waals surface area contributed by atoms with E-state index in [4.69, 9.17) is 5.73 Å². The van der Waals surface area contributed by atoms with Gasteiger partial charge in [0.05, 0.1) is 11.6 Å². The zero-order valence-electron chi connectivity index (χ0n) is 24.5. The summed E-state index contributed by atoms with van der Waals surface area (Å²) in [4.78, 5) is 41.4. The fourth-order valence-electron chi connectivity index (χ4n) is 5.64.